The molecule has 31 heavy (non-hydrogen) atoms. The minimum absolute atomic E-state index is 0.225. The van der Waals surface area contributed by atoms with Gasteiger partial charge in [0, 0.05) is 27.9 Å². The van der Waals surface area contributed by atoms with E-state index in [4.69, 9.17) is 33.2 Å². The third kappa shape index (κ3) is 3.71. The Morgan fingerprint density at radius 2 is 1.71 bits per heavy atom. The maximum Gasteiger partial charge on any atom is 0.142 e. The zero-order valence-electron chi connectivity index (χ0n) is 16.9. The summed E-state index contributed by atoms with van der Waals surface area (Å²) in [6.07, 6.45) is 0. The van der Waals surface area contributed by atoms with Crippen LogP contribution in [0.15, 0.2) is 60.7 Å². The van der Waals surface area contributed by atoms with E-state index in [2.05, 4.69) is 35.4 Å². The van der Waals surface area contributed by atoms with Crippen molar-refractivity contribution in [3.8, 4) is 11.3 Å². The van der Waals surface area contributed by atoms with Crippen LogP contribution in [0.4, 0.5) is 11.5 Å². The molecule has 2 heterocycles. The number of H-pyrrole nitrogens is 1. The van der Waals surface area contributed by atoms with Gasteiger partial charge in [-0.2, -0.15) is 5.10 Å². The van der Waals surface area contributed by atoms with E-state index in [1.165, 1.54) is 0 Å². The van der Waals surface area contributed by atoms with Crippen LogP contribution in [0.3, 0.4) is 0 Å². The molecule has 5 rings (SSSR count). The number of hydrogen-bond acceptors (Lipinski definition) is 4. The Kier molecular flexibility index (Phi) is 5.00. The number of anilines is 2. The predicted octanol–water partition coefficient (Wildman–Crippen LogP) is 7.35. The first-order chi connectivity index (χ1) is 15.0. The molecule has 0 bridgehead atoms. The molecule has 3 aromatic carbocycles. The second-order valence-corrected chi connectivity index (χ2v) is 8.50. The van der Waals surface area contributed by atoms with E-state index in [-0.39, 0.29) is 5.92 Å². The number of nitrogens with one attached hydrogen (secondary N) is 2. The van der Waals surface area contributed by atoms with Crippen molar-refractivity contribution in [2.24, 2.45) is 0 Å². The second kappa shape index (κ2) is 7.84. The summed E-state index contributed by atoms with van der Waals surface area (Å²) in [6, 6.07) is 19.6. The van der Waals surface area contributed by atoms with Crippen molar-refractivity contribution in [2.45, 2.75) is 19.8 Å². The Morgan fingerprint density at radius 1 is 0.871 bits per heavy atom. The molecule has 0 radical (unpaired) electrons. The Bertz CT molecular complexity index is 1420. The Labute approximate surface area is 189 Å². The predicted molar refractivity (Wildman–Crippen MR) is 128 cm³/mol. The zero-order valence-corrected chi connectivity index (χ0v) is 18.5. The lowest BCUT2D eigenvalue weighted by Crippen LogP contribution is -2.03. The van der Waals surface area contributed by atoms with Crippen LogP contribution in [0.5, 0.6) is 0 Å². The van der Waals surface area contributed by atoms with Crippen molar-refractivity contribution in [1.82, 2.24) is 20.2 Å². The van der Waals surface area contributed by atoms with Crippen LogP contribution in [0.1, 0.15) is 25.6 Å². The number of halogens is 2. The summed E-state index contributed by atoms with van der Waals surface area (Å²) in [6.45, 7) is 4.18. The average molecular weight is 448 g/mol. The maximum absolute atomic E-state index is 6.22. The van der Waals surface area contributed by atoms with E-state index in [1.807, 2.05) is 48.5 Å². The van der Waals surface area contributed by atoms with Crippen molar-refractivity contribution < 1.29 is 0 Å². The number of aromatic nitrogens is 4. The van der Waals surface area contributed by atoms with E-state index in [0.29, 0.717) is 10.0 Å². The molecule has 0 unspecified atom stereocenters. The van der Waals surface area contributed by atoms with E-state index in [0.717, 1.165) is 50.4 Å². The van der Waals surface area contributed by atoms with Crippen molar-refractivity contribution in [3.63, 3.8) is 0 Å². The number of nitrogens with zero attached hydrogens (tertiary/aromatic N) is 3. The lowest BCUT2D eigenvalue weighted by Gasteiger charge is -2.12. The molecule has 0 spiro atoms. The normalized spacial score (nSPS) is 11.5. The van der Waals surface area contributed by atoms with Crippen LogP contribution in [0.25, 0.3) is 33.1 Å². The average Bonchev–Trinajstić information content (AvgIpc) is 3.19. The molecule has 0 saturated heterocycles. The molecule has 0 fully saturated rings. The van der Waals surface area contributed by atoms with Gasteiger partial charge in [-0.15, -0.1) is 0 Å². The summed E-state index contributed by atoms with van der Waals surface area (Å²) in [5, 5.41) is 14.0. The summed E-state index contributed by atoms with van der Waals surface area (Å²) in [7, 11) is 0. The molecule has 0 saturated carbocycles. The lowest BCUT2D eigenvalue weighted by atomic mass is 10.1. The van der Waals surface area contributed by atoms with Crippen LogP contribution in [0, 0.1) is 0 Å². The van der Waals surface area contributed by atoms with Gasteiger partial charge in [0.2, 0.25) is 0 Å². The summed E-state index contributed by atoms with van der Waals surface area (Å²) in [5.41, 5.74) is 4.47. The first kappa shape index (κ1) is 19.8. The van der Waals surface area contributed by atoms with Crippen LogP contribution in [-0.2, 0) is 0 Å². The lowest BCUT2D eigenvalue weighted by molar-refractivity contribution is 0.785. The molecule has 154 valence electrons. The van der Waals surface area contributed by atoms with Gasteiger partial charge in [-0.05, 0) is 42.5 Å². The number of fused-ring (bicyclic) bond motifs is 2. The Balaban J connectivity index is 1.60. The highest BCUT2D eigenvalue weighted by Crippen LogP contribution is 2.33. The molecule has 0 aliphatic heterocycles. The maximum atomic E-state index is 6.22. The van der Waals surface area contributed by atoms with Gasteiger partial charge in [0.25, 0.3) is 0 Å². The van der Waals surface area contributed by atoms with Crippen LogP contribution >= 0.6 is 23.2 Å². The minimum atomic E-state index is 0.225. The SMILES string of the molecule is CC(C)c1nc(Nc2ccc3[nH]nc(-c4ccc(Cl)c(Cl)c4)c3c2)c2ccccc2n1. The molecule has 0 amide bonds. The van der Waals surface area contributed by atoms with Gasteiger partial charge in [-0.25, -0.2) is 9.97 Å². The molecule has 2 aromatic heterocycles. The van der Waals surface area contributed by atoms with Gasteiger partial charge in [-0.1, -0.05) is 55.2 Å². The monoisotopic (exact) mass is 447 g/mol. The fourth-order valence-corrected chi connectivity index (χ4v) is 3.84. The quantitative estimate of drug-likeness (QED) is 0.302. The van der Waals surface area contributed by atoms with E-state index in [1.54, 1.807) is 6.07 Å². The highest BCUT2D eigenvalue weighted by atomic mass is 35.5. The van der Waals surface area contributed by atoms with Crippen molar-refractivity contribution in [1.29, 1.82) is 0 Å². The number of para-hydroxylation sites is 1. The fraction of sp³-hybridized carbons (Fsp3) is 0.125. The first-order valence-corrected chi connectivity index (χ1v) is 10.7. The second-order valence-electron chi connectivity index (χ2n) is 7.69. The Hall–Kier alpha value is -3.15. The number of aromatic amines is 1. The summed E-state index contributed by atoms with van der Waals surface area (Å²) in [5.74, 6) is 1.82. The fourth-order valence-electron chi connectivity index (χ4n) is 3.54. The molecule has 0 aliphatic rings. The molecular formula is C24H19Cl2N5. The van der Waals surface area contributed by atoms with Crippen molar-refractivity contribution >= 4 is 56.5 Å². The van der Waals surface area contributed by atoms with Gasteiger partial charge < -0.3 is 5.32 Å². The summed E-state index contributed by atoms with van der Waals surface area (Å²) in [4.78, 5) is 9.49. The van der Waals surface area contributed by atoms with Crippen molar-refractivity contribution in [3.05, 3.63) is 76.5 Å². The third-order valence-electron chi connectivity index (χ3n) is 5.16. The van der Waals surface area contributed by atoms with Crippen LogP contribution in [-0.4, -0.2) is 20.2 Å². The molecular weight excluding hydrogens is 429 g/mol. The van der Waals surface area contributed by atoms with Crippen molar-refractivity contribution in [2.75, 3.05) is 5.32 Å². The third-order valence-corrected chi connectivity index (χ3v) is 5.89. The largest absolute Gasteiger partial charge is 0.340 e. The summed E-state index contributed by atoms with van der Waals surface area (Å²) >= 11 is 12.3. The molecule has 0 aliphatic carbocycles. The first-order valence-electron chi connectivity index (χ1n) is 9.97. The molecule has 5 nitrogen and oxygen atoms in total. The van der Waals surface area contributed by atoms with E-state index >= 15 is 0 Å². The number of rotatable bonds is 4. The van der Waals surface area contributed by atoms with Gasteiger partial charge in [0.1, 0.15) is 17.3 Å². The number of benzene rings is 3. The number of hydrogen-bond donors (Lipinski definition) is 2. The van der Waals surface area contributed by atoms with Crippen LogP contribution in [0.2, 0.25) is 10.0 Å². The smallest absolute Gasteiger partial charge is 0.142 e. The van der Waals surface area contributed by atoms with Gasteiger partial charge in [0.05, 0.1) is 21.1 Å². The van der Waals surface area contributed by atoms with Gasteiger partial charge in [-0.3, -0.25) is 5.10 Å². The Morgan fingerprint density at radius 3 is 2.52 bits per heavy atom. The van der Waals surface area contributed by atoms with E-state index < -0.39 is 0 Å². The minimum Gasteiger partial charge on any atom is -0.340 e. The van der Waals surface area contributed by atoms with E-state index in [9.17, 15) is 0 Å². The zero-order chi connectivity index (χ0) is 21.5. The topological polar surface area (TPSA) is 66.5 Å². The summed E-state index contributed by atoms with van der Waals surface area (Å²) < 4.78 is 0. The van der Waals surface area contributed by atoms with Crippen LogP contribution < -0.4 is 5.32 Å². The highest BCUT2D eigenvalue weighted by Gasteiger charge is 2.13. The standard InChI is InChI=1S/C24H19Cl2N5/c1-13(2)23-28-20-6-4-3-5-16(20)24(29-23)27-15-8-10-21-17(12-15)22(31-30-21)14-7-9-18(25)19(26)11-14/h3-13H,1-2H3,(H,30,31)(H,27,28,29). The highest BCUT2D eigenvalue weighted by molar-refractivity contribution is 6.42. The molecule has 7 heteroatoms. The molecule has 0 atom stereocenters. The molecule has 5 aromatic rings. The molecule has 2 N–H and O–H groups in total. The van der Waals surface area contributed by atoms with Gasteiger partial charge in [0.15, 0.2) is 0 Å². The van der Waals surface area contributed by atoms with Gasteiger partial charge >= 0.3 is 0 Å².